The lowest BCUT2D eigenvalue weighted by Crippen LogP contribution is -2.28. The summed E-state index contributed by atoms with van der Waals surface area (Å²) in [5.41, 5.74) is 6.92. The number of nitrogens with two attached hydrogens (primary N) is 1. The van der Waals surface area contributed by atoms with Gasteiger partial charge in [0, 0.05) is 11.9 Å². The van der Waals surface area contributed by atoms with Gasteiger partial charge >= 0.3 is 0 Å². The third-order valence-corrected chi connectivity index (χ3v) is 2.63. The predicted molar refractivity (Wildman–Crippen MR) is 45.3 cm³/mol. The molecule has 0 atom stereocenters. The van der Waals surface area contributed by atoms with Crippen molar-refractivity contribution in [2.24, 2.45) is 11.7 Å². The van der Waals surface area contributed by atoms with Crippen molar-refractivity contribution in [1.29, 1.82) is 0 Å². The molecule has 2 rings (SSSR count). The van der Waals surface area contributed by atoms with Crippen LogP contribution in [0, 0.1) is 5.92 Å². The second-order valence-electron chi connectivity index (χ2n) is 3.40. The second kappa shape index (κ2) is 2.70. The predicted octanol–water partition coefficient (Wildman–Crippen LogP) is 1.47. The Hall–Kier alpha value is -0.760. The maximum Gasteiger partial charge on any atom is 0.0178 e. The minimum absolute atomic E-state index is 0.763. The van der Waals surface area contributed by atoms with Gasteiger partial charge in [-0.05, 0) is 43.4 Å². The Morgan fingerprint density at radius 2 is 2.36 bits per heavy atom. The molecule has 1 heterocycles. The number of hydrogen-bond acceptors (Lipinski definition) is 1. The first kappa shape index (κ1) is 6.92. The van der Waals surface area contributed by atoms with Gasteiger partial charge in [0.1, 0.15) is 0 Å². The highest BCUT2D eigenvalue weighted by atomic mass is 14.7. The summed E-state index contributed by atoms with van der Waals surface area (Å²) in [5, 5.41) is 0. The van der Waals surface area contributed by atoms with Crippen LogP contribution in [0.15, 0.2) is 18.3 Å². The van der Waals surface area contributed by atoms with Gasteiger partial charge < -0.3 is 10.7 Å². The number of hydrogen-bond donors (Lipinski definition) is 2. The van der Waals surface area contributed by atoms with Gasteiger partial charge in [-0.25, -0.2) is 0 Å². The van der Waals surface area contributed by atoms with E-state index in [0.717, 1.165) is 18.4 Å². The van der Waals surface area contributed by atoms with E-state index in [1.54, 1.807) is 0 Å². The lowest BCUT2D eigenvalue weighted by atomic mass is 9.73. The molecule has 0 radical (unpaired) electrons. The fraction of sp³-hybridized carbons (Fsp3) is 0.556. The van der Waals surface area contributed by atoms with Gasteiger partial charge in [-0.1, -0.05) is 0 Å². The largest absolute Gasteiger partial charge is 0.365 e. The van der Waals surface area contributed by atoms with Crippen LogP contribution in [-0.4, -0.2) is 11.5 Å². The number of nitrogens with one attached hydrogen (secondary N) is 1. The summed E-state index contributed by atoms with van der Waals surface area (Å²) in [6.07, 6.45) is 4.54. The first-order valence-electron chi connectivity index (χ1n) is 4.23. The summed E-state index contributed by atoms with van der Waals surface area (Å²) in [6, 6.07) is 4.22. The maximum absolute atomic E-state index is 5.54. The van der Waals surface area contributed by atoms with E-state index in [0.29, 0.717) is 0 Å². The highest BCUT2D eigenvalue weighted by molar-refractivity contribution is 5.13. The minimum atomic E-state index is 0.763. The molecule has 0 spiro atoms. The fourth-order valence-corrected chi connectivity index (χ4v) is 1.78. The Morgan fingerprint density at radius 1 is 1.55 bits per heavy atom. The van der Waals surface area contributed by atoms with Crippen LogP contribution in [0.25, 0.3) is 0 Å². The molecule has 0 bridgehead atoms. The second-order valence-corrected chi connectivity index (χ2v) is 3.40. The van der Waals surface area contributed by atoms with Gasteiger partial charge in [0.15, 0.2) is 0 Å². The Labute approximate surface area is 66.8 Å². The van der Waals surface area contributed by atoms with Crippen LogP contribution >= 0.6 is 0 Å². The molecule has 1 aliphatic carbocycles. The van der Waals surface area contributed by atoms with E-state index in [2.05, 4.69) is 17.1 Å². The number of H-pyrrole nitrogens is 1. The molecule has 0 amide bonds. The van der Waals surface area contributed by atoms with Crippen LogP contribution < -0.4 is 5.73 Å². The van der Waals surface area contributed by atoms with Gasteiger partial charge in [0.05, 0.1) is 0 Å². The third-order valence-electron chi connectivity index (χ3n) is 2.63. The molecule has 60 valence electrons. The van der Waals surface area contributed by atoms with E-state index in [-0.39, 0.29) is 0 Å². The molecule has 1 aliphatic rings. The van der Waals surface area contributed by atoms with E-state index in [1.165, 1.54) is 18.5 Å². The number of rotatable bonds is 2. The molecule has 1 saturated carbocycles. The minimum Gasteiger partial charge on any atom is -0.365 e. The molecule has 0 unspecified atom stereocenters. The van der Waals surface area contributed by atoms with Crippen molar-refractivity contribution in [2.45, 2.75) is 18.8 Å². The lowest BCUT2D eigenvalue weighted by Gasteiger charge is -2.33. The summed E-state index contributed by atoms with van der Waals surface area (Å²) < 4.78 is 0. The Bertz CT molecular complexity index is 209. The van der Waals surface area contributed by atoms with Crippen LogP contribution in [0.2, 0.25) is 0 Å². The van der Waals surface area contributed by atoms with E-state index < -0.39 is 0 Å². The van der Waals surface area contributed by atoms with Gasteiger partial charge in [0.25, 0.3) is 0 Å². The van der Waals surface area contributed by atoms with Crippen molar-refractivity contribution < 1.29 is 0 Å². The van der Waals surface area contributed by atoms with Crippen LogP contribution in [0.5, 0.6) is 0 Å². The molecule has 1 aromatic rings. The molecule has 1 fully saturated rings. The topological polar surface area (TPSA) is 41.8 Å². The first-order valence-corrected chi connectivity index (χ1v) is 4.23. The molecule has 0 aromatic carbocycles. The molecular formula is C9H14N2. The van der Waals surface area contributed by atoms with Crippen molar-refractivity contribution in [2.75, 3.05) is 6.54 Å². The third kappa shape index (κ3) is 1.18. The number of aromatic amines is 1. The highest BCUT2D eigenvalue weighted by Crippen LogP contribution is 2.39. The Balaban J connectivity index is 1.92. The van der Waals surface area contributed by atoms with Crippen molar-refractivity contribution in [3.05, 3.63) is 24.0 Å². The molecule has 0 saturated heterocycles. The zero-order chi connectivity index (χ0) is 7.68. The molecule has 1 aromatic heterocycles. The molecule has 3 N–H and O–H groups in total. The van der Waals surface area contributed by atoms with Crippen molar-refractivity contribution in [3.63, 3.8) is 0 Å². The van der Waals surface area contributed by atoms with Crippen molar-refractivity contribution in [1.82, 2.24) is 4.98 Å². The summed E-state index contributed by atoms with van der Waals surface area (Å²) in [7, 11) is 0. The monoisotopic (exact) mass is 150 g/mol. The zero-order valence-corrected chi connectivity index (χ0v) is 6.59. The van der Waals surface area contributed by atoms with Gasteiger partial charge in [-0.15, -0.1) is 0 Å². The fourth-order valence-electron chi connectivity index (χ4n) is 1.78. The average molecular weight is 150 g/mol. The van der Waals surface area contributed by atoms with Crippen molar-refractivity contribution in [3.8, 4) is 0 Å². The normalized spacial score (nSPS) is 29.9. The molecule has 0 aliphatic heterocycles. The van der Waals surface area contributed by atoms with Crippen LogP contribution in [-0.2, 0) is 0 Å². The Kier molecular flexibility index (Phi) is 1.70. The average Bonchev–Trinajstić information content (AvgIpc) is 2.37. The summed E-state index contributed by atoms with van der Waals surface area (Å²) >= 11 is 0. The molecule has 2 nitrogen and oxygen atoms in total. The zero-order valence-electron chi connectivity index (χ0n) is 6.59. The lowest BCUT2D eigenvalue weighted by molar-refractivity contribution is 0.268. The molecule has 2 heteroatoms. The van der Waals surface area contributed by atoms with Gasteiger partial charge in [-0.2, -0.15) is 0 Å². The van der Waals surface area contributed by atoms with E-state index in [1.807, 2.05) is 6.20 Å². The van der Waals surface area contributed by atoms with E-state index in [9.17, 15) is 0 Å². The standard InChI is InChI=1S/C9H14N2/c10-6-7-4-8(5-7)9-2-1-3-11-9/h1-3,7-8,11H,4-6,10H2. The van der Waals surface area contributed by atoms with Gasteiger partial charge in [-0.3, -0.25) is 0 Å². The van der Waals surface area contributed by atoms with Crippen LogP contribution in [0.4, 0.5) is 0 Å². The summed E-state index contributed by atoms with van der Waals surface area (Å²) in [4.78, 5) is 3.24. The van der Waals surface area contributed by atoms with Gasteiger partial charge in [0.2, 0.25) is 0 Å². The van der Waals surface area contributed by atoms with Crippen molar-refractivity contribution >= 4 is 0 Å². The van der Waals surface area contributed by atoms with Crippen LogP contribution in [0.1, 0.15) is 24.5 Å². The SMILES string of the molecule is NCC1CC(c2ccc[nH]2)C1. The maximum atomic E-state index is 5.54. The van der Waals surface area contributed by atoms with E-state index >= 15 is 0 Å². The summed E-state index contributed by atoms with van der Waals surface area (Å²) in [6.45, 7) is 0.858. The Morgan fingerprint density at radius 3 is 2.91 bits per heavy atom. The number of aromatic nitrogens is 1. The molecule has 11 heavy (non-hydrogen) atoms. The highest BCUT2D eigenvalue weighted by Gasteiger charge is 2.29. The molecular weight excluding hydrogens is 136 g/mol. The smallest absolute Gasteiger partial charge is 0.0178 e. The first-order chi connectivity index (χ1) is 5.40. The quantitative estimate of drug-likeness (QED) is 0.658. The van der Waals surface area contributed by atoms with E-state index in [4.69, 9.17) is 5.73 Å². The summed E-state index contributed by atoms with van der Waals surface area (Å²) in [5.74, 6) is 1.54. The van der Waals surface area contributed by atoms with Crippen LogP contribution in [0.3, 0.4) is 0 Å².